The summed E-state index contributed by atoms with van der Waals surface area (Å²) >= 11 is 0. The zero-order valence-corrected chi connectivity index (χ0v) is 6.39. The monoisotopic (exact) mass is 143 g/mol. The second kappa shape index (κ2) is 3.34. The normalized spacial score (nSPS) is 15.8. The number of primary amides is 1. The van der Waals surface area contributed by atoms with E-state index in [-0.39, 0.29) is 6.42 Å². The van der Waals surface area contributed by atoms with E-state index in [0.29, 0.717) is 6.42 Å². The average molecular weight is 143 g/mol. The molecule has 1 atom stereocenters. The van der Waals surface area contributed by atoms with Crippen LogP contribution in [0.15, 0.2) is 0 Å². The highest BCUT2D eigenvalue weighted by atomic mass is 16.1. The maximum Gasteiger partial charge on any atom is 0.218 e. The van der Waals surface area contributed by atoms with E-state index in [0.717, 1.165) is 6.29 Å². The van der Waals surface area contributed by atoms with Gasteiger partial charge in [0.05, 0.1) is 0 Å². The molecule has 0 rings (SSSR count). The maximum absolute atomic E-state index is 10.4. The zero-order valence-electron chi connectivity index (χ0n) is 6.39. The molecule has 0 aliphatic carbocycles. The van der Waals surface area contributed by atoms with Crippen molar-refractivity contribution in [3.8, 4) is 0 Å². The van der Waals surface area contributed by atoms with Gasteiger partial charge in [-0.05, 0) is 6.42 Å². The minimum atomic E-state index is -0.550. The first-order chi connectivity index (χ1) is 4.54. The Morgan fingerprint density at radius 3 is 2.30 bits per heavy atom. The topological polar surface area (TPSA) is 60.2 Å². The standard InChI is InChI=1S/C7H13NO2/c1-3-7(2,5-9)4-6(8)10/h5H,3-4H2,1-2H3,(H2,8,10)/t7-/m0/s1. The molecular formula is C7H13NO2. The first-order valence-electron chi connectivity index (χ1n) is 3.28. The quantitative estimate of drug-likeness (QED) is 0.582. The number of rotatable bonds is 4. The van der Waals surface area contributed by atoms with Crippen molar-refractivity contribution >= 4 is 12.2 Å². The van der Waals surface area contributed by atoms with Crippen LogP contribution in [0.4, 0.5) is 0 Å². The van der Waals surface area contributed by atoms with Crippen molar-refractivity contribution in [2.75, 3.05) is 0 Å². The van der Waals surface area contributed by atoms with Crippen molar-refractivity contribution in [2.24, 2.45) is 11.1 Å². The SMILES string of the molecule is CC[C@](C)(C=O)CC(N)=O. The van der Waals surface area contributed by atoms with Crippen LogP contribution >= 0.6 is 0 Å². The summed E-state index contributed by atoms with van der Waals surface area (Å²) in [5, 5.41) is 0. The lowest BCUT2D eigenvalue weighted by Crippen LogP contribution is -2.25. The fourth-order valence-electron chi connectivity index (χ4n) is 0.648. The van der Waals surface area contributed by atoms with E-state index in [2.05, 4.69) is 0 Å². The fourth-order valence-corrected chi connectivity index (χ4v) is 0.648. The number of carbonyl (C=O) groups excluding carboxylic acids is 2. The van der Waals surface area contributed by atoms with Crippen molar-refractivity contribution in [1.82, 2.24) is 0 Å². The fraction of sp³-hybridized carbons (Fsp3) is 0.714. The Morgan fingerprint density at radius 2 is 2.20 bits per heavy atom. The van der Waals surface area contributed by atoms with Crippen molar-refractivity contribution < 1.29 is 9.59 Å². The number of hydrogen-bond donors (Lipinski definition) is 1. The van der Waals surface area contributed by atoms with Gasteiger partial charge in [0.15, 0.2) is 0 Å². The summed E-state index contributed by atoms with van der Waals surface area (Å²) in [4.78, 5) is 20.8. The molecule has 3 heteroatoms. The molecule has 0 aliphatic rings. The highest BCUT2D eigenvalue weighted by molar-refractivity contribution is 5.78. The van der Waals surface area contributed by atoms with E-state index in [1.54, 1.807) is 6.92 Å². The maximum atomic E-state index is 10.4. The molecule has 0 saturated carbocycles. The molecule has 0 bridgehead atoms. The Balaban J connectivity index is 4.05. The van der Waals surface area contributed by atoms with Crippen LogP contribution in [-0.2, 0) is 9.59 Å². The summed E-state index contributed by atoms with van der Waals surface area (Å²) in [7, 11) is 0. The number of carbonyl (C=O) groups is 2. The molecule has 0 radical (unpaired) electrons. The summed E-state index contributed by atoms with van der Waals surface area (Å²) in [5.74, 6) is -0.420. The van der Waals surface area contributed by atoms with Crippen LogP contribution in [0.1, 0.15) is 26.7 Å². The highest BCUT2D eigenvalue weighted by Gasteiger charge is 2.23. The number of amides is 1. The van der Waals surface area contributed by atoms with Gasteiger partial charge in [-0.15, -0.1) is 0 Å². The minimum Gasteiger partial charge on any atom is -0.370 e. The Hall–Kier alpha value is -0.860. The zero-order chi connectivity index (χ0) is 8.20. The van der Waals surface area contributed by atoms with Gasteiger partial charge in [-0.1, -0.05) is 13.8 Å². The Labute approximate surface area is 60.6 Å². The molecule has 2 N–H and O–H groups in total. The Morgan fingerprint density at radius 1 is 1.70 bits per heavy atom. The van der Waals surface area contributed by atoms with E-state index in [4.69, 9.17) is 5.73 Å². The lowest BCUT2D eigenvalue weighted by atomic mass is 9.86. The molecule has 0 unspecified atom stereocenters. The molecule has 0 fully saturated rings. The molecule has 58 valence electrons. The largest absolute Gasteiger partial charge is 0.370 e. The molecule has 0 aromatic heterocycles. The van der Waals surface area contributed by atoms with E-state index in [9.17, 15) is 9.59 Å². The highest BCUT2D eigenvalue weighted by Crippen LogP contribution is 2.21. The van der Waals surface area contributed by atoms with Gasteiger partial charge >= 0.3 is 0 Å². The van der Waals surface area contributed by atoms with Crippen molar-refractivity contribution in [3.05, 3.63) is 0 Å². The Kier molecular flexibility index (Phi) is 3.06. The van der Waals surface area contributed by atoms with E-state index in [1.807, 2.05) is 6.92 Å². The van der Waals surface area contributed by atoms with Crippen molar-refractivity contribution in [2.45, 2.75) is 26.7 Å². The predicted octanol–water partition coefficient (Wildman–Crippen LogP) is 0.477. The van der Waals surface area contributed by atoms with Crippen molar-refractivity contribution in [3.63, 3.8) is 0 Å². The van der Waals surface area contributed by atoms with Gasteiger partial charge in [0.25, 0.3) is 0 Å². The Bertz CT molecular complexity index is 145. The number of aldehydes is 1. The summed E-state index contributed by atoms with van der Waals surface area (Å²) in [6.07, 6.45) is 1.59. The third kappa shape index (κ3) is 2.62. The van der Waals surface area contributed by atoms with Crippen LogP contribution in [-0.4, -0.2) is 12.2 Å². The molecule has 0 saturated heterocycles. The van der Waals surface area contributed by atoms with E-state index < -0.39 is 11.3 Å². The number of nitrogens with two attached hydrogens (primary N) is 1. The van der Waals surface area contributed by atoms with Gasteiger partial charge in [0, 0.05) is 11.8 Å². The van der Waals surface area contributed by atoms with Gasteiger partial charge in [-0.25, -0.2) is 0 Å². The molecule has 10 heavy (non-hydrogen) atoms. The molecule has 0 spiro atoms. The van der Waals surface area contributed by atoms with Crippen LogP contribution in [0.2, 0.25) is 0 Å². The van der Waals surface area contributed by atoms with Crippen LogP contribution in [0.5, 0.6) is 0 Å². The van der Waals surface area contributed by atoms with Crippen LogP contribution in [0.3, 0.4) is 0 Å². The smallest absolute Gasteiger partial charge is 0.218 e. The summed E-state index contributed by atoms with van der Waals surface area (Å²) in [5.41, 5.74) is 4.38. The molecule has 0 aliphatic heterocycles. The molecule has 0 aromatic rings. The molecule has 1 amide bonds. The van der Waals surface area contributed by atoms with E-state index in [1.165, 1.54) is 0 Å². The van der Waals surface area contributed by atoms with Crippen LogP contribution in [0, 0.1) is 5.41 Å². The third-order valence-electron chi connectivity index (χ3n) is 1.67. The average Bonchev–Trinajstić information content (AvgIpc) is 1.87. The molecule has 0 heterocycles. The molecule has 3 nitrogen and oxygen atoms in total. The van der Waals surface area contributed by atoms with Gasteiger partial charge in [-0.2, -0.15) is 0 Å². The third-order valence-corrected chi connectivity index (χ3v) is 1.67. The second-order valence-corrected chi connectivity index (χ2v) is 2.77. The lowest BCUT2D eigenvalue weighted by molar-refractivity contribution is -0.125. The van der Waals surface area contributed by atoms with Gasteiger partial charge in [0.2, 0.25) is 5.91 Å². The molecule has 0 aromatic carbocycles. The van der Waals surface area contributed by atoms with Gasteiger partial charge in [0.1, 0.15) is 6.29 Å². The predicted molar refractivity (Wildman–Crippen MR) is 38.3 cm³/mol. The second-order valence-electron chi connectivity index (χ2n) is 2.77. The first-order valence-corrected chi connectivity index (χ1v) is 3.28. The summed E-state index contributed by atoms with van der Waals surface area (Å²) in [6, 6.07) is 0. The lowest BCUT2D eigenvalue weighted by Gasteiger charge is -2.17. The van der Waals surface area contributed by atoms with Crippen LogP contribution in [0.25, 0.3) is 0 Å². The van der Waals surface area contributed by atoms with Crippen molar-refractivity contribution in [1.29, 1.82) is 0 Å². The summed E-state index contributed by atoms with van der Waals surface area (Å²) in [6.45, 7) is 3.59. The van der Waals surface area contributed by atoms with Gasteiger partial charge < -0.3 is 10.5 Å². The van der Waals surface area contributed by atoms with Crippen LogP contribution < -0.4 is 5.73 Å². The molecular weight excluding hydrogens is 130 g/mol. The number of hydrogen-bond acceptors (Lipinski definition) is 2. The van der Waals surface area contributed by atoms with E-state index >= 15 is 0 Å². The van der Waals surface area contributed by atoms with Gasteiger partial charge in [-0.3, -0.25) is 4.79 Å². The minimum absolute atomic E-state index is 0.146. The first kappa shape index (κ1) is 9.14. The summed E-state index contributed by atoms with van der Waals surface area (Å²) < 4.78 is 0.